The van der Waals surface area contributed by atoms with Gasteiger partial charge in [0.25, 0.3) is 5.91 Å². The van der Waals surface area contributed by atoms with Gasteiger partial charge in [0, 0.05) is 44.3 Å². The van der Waals surface area contributed by atoms with Gasteiger partial charge >= 0.3 is 0 Å². The van der Waals surface area contributed by atoms with Crippen LogP contribution in [-0.2, 0) is 9.53 Å². The van der Waals surface area contributed by atoms with E-state index in [1.807, 2.05) is 49.3 Å². The second-order valence-corrected chi connectivity index (χ2v) is 7.94. The maximum absolute atomic E-state index is 12.1. The lowest BCUT2D eigenvalue weighted by molar-refractivity contribution is -0.147. The number of hydrogen-bond acceptors (Lipinski definition) is 8. The number of morpholine rings is 1. The van der Waals surface area contributed by atoms with E-state index >= 15 is 0 Å². The van der Waals surface area contributed by atoms with E-state index in [9.17, 15) is 9.90 Å². The maximum Gasteiger partial charge on any atom is 0.251 e. The lowest BCUT2D eigenvalue weighted by atomic mass is 10.1. The van der Waals surface area contributed by atoms with Crippen molar-refractivity contribution in [2.45, 2.75) is 19.1 Å². The first-order chi connectivity index (χ1) is 15.4. The molecule has 3 heterocycles. The summed E-state index contributed by atoms with van der Waals surface area (Å²) in [5.41, 5.74) is 4.01. The Kier molecular flexibility index (Phi) is 9.92. The Bertz CT molecular complexity index is 1100. The molecule has 2 aromatic heterocycles. The summed E-state index contributed by atoms with van der Waals surface area (Å²) in [4.78, 5) is 29.2. The molecule has 1 aliphatic rings. The number of carbonyl (C=O) groups is 1. The number of pyridine rings is 1. The number of anilines is 1. The number of aliphatic hydroxyl groups is 1. The monoisotopic (exact) mass is 505 g/mol. The first kappa shape index (κ1) is 27.6. The summed E-state index contributed by atoms with van der Waals surface area (Å²) in [6, 6.07) is 9.96. The summed E-state index contributed by atoms with van der Waals surface area (Å²) in [7, 11) is 3.99. The van der Waals surface area contributed by atoms with Crippen LogP contribution in [0, 0.1) is 0 Å². The summed E-state index contributed by atoms with van der Waals surface area (Å²) in [5, 5.41) is 9.58. The van der Waals surface area contributed by atoms with E-state index in [-0.39, 0.29) is 45.6 Å². The van der Waals surface area contributed by atoms with Gasteiger partial charge in [0.05, 0.1) is 24.4 Å². The van der Waals surface area contributed by atoms with Crippen molar-refractivity contribution < 1.29 is 19.4 Å². The molecule has 1 saturated heterocycles. The molecule has 4 rings (SSSR count). The minimum atomic E-state index is -1.04. The number of carbonyl (C=O) groups excluding carboxylic acids is 1. The molecule has 0 saturated carbocycles. The number of aliphatic hydroxyl groups excluding tert-OH is 1. The van der Waals surface area contributed by atoms with Crippen molar-refractivity contribution in [3.8, 4) is 17.1 Å². The molecular formula is C23H31N5O4S2. The van der Waals surface area contributed by atoms with Crippen LogP contribution in [0.1, 0.15) is 6.92 Å². The highest BCUT2D eigenvalue weighted by molar-refractivity contribution is 7.59. The molecular weight excluding hydrogens is 474 g/mol. The van der Waals surface area contributed by atoms with E-state index in [4.69, 9.17) is 14.5 Å². The van der Waals surface area contributed by atoms with Crippen molar-refractivity contribution in [3.63, 3.8) is 0 Å². The SMILES string of the molecule is C[C@H](O)C(=O)N1CCO[C@H](COc2nc(-c3ccc(N(C)C)cc3)cc3nccnc23)C1.S.S. The van der Waals surface area contributed by atoms with Gasteiger partial charge in [0.1, 0.15) is 18.8 Å². The second-order valence-electron chi connectivity index (χ2n) is 7.94. The van der Waals surface area contributed by atoms with Crippen molar-refractivity contribution in [1.29, 1.82) is 0 Å². The van der Waals surface area contributed by atoms with Crippen LogP contribution in [0.4, 0.5) is 5.69 Å². The van der Waals surface area contributed by atoms with Crippen LogP contribution in [0.3, 0.4) is 0 Å². The molecule has 0 spiro atoms. The normalized spacial score (nSPS) is 16.2. The predicted molar refractivity (Wildman–Crippen MR) is 141 cm³/mol. The number of amides is 1. The quantitative estimate of drug-likeness (QED) is 0.543. The van der Waals surface area contributed by atoms with Crippen LogP contribution in [-0.4, -0.2) is 83.5 Å². The number of rotatable bonds is 6. The summed E-state index contributed by atoms with van der Waals surface area (Å²) in [6.45, 7) is 2.85. The van der Waals surface area contributed by atoms with E-state index < -0.39 is 6.10 Å². The van der Waals surface area contributed by atoms with Crippen LogP contribution in [0.2, 0.25) is 0 Å². The van der Waals surface area contributed by atoms with Crippen LogP contribution >= 0.6 is 27.0 Å². The third kappa shape index (κ3) is 6.29. The van der Waals surface area contributed by atoms with E-state index in [1.54, 1.807) is 17.3 Å². The van der Waals surface area contributed by atoms with Crippen molar-refractivity contribution in [2.24, 2.45) is 0 Å². The Morgan fingerprint density at radius 3 is 2.62 bits per heavy atom. The summed E-state index contributed by atoms with van der Waals surface area (Å²) in [5.74, 6) is 0.0563. The Hall–Kier alpha value is -2.60. The van der Waals surface area contributed by atoms with E-state index in [0.29, 0.717) is 36.6 Å². The second kappa shape index (κ2) is 12.2. The van der Waals surface area contributed by atoms with Gasteiger partial charge in [-0.25, -0.2) is 9.97 Å². The van der Waals surface area contributed by atoms with Crippen LogP contribution in [0.15, 0.2) is 42.7 Å². The molecule has 1 aliphatic heterocycles. The van der Waals surface area contributed by atoms with Crippen molar-refractivity contribution in [3.05, 3.63) is 42.7 Å². The molecule has 0 bridgehead atoms. The van der Waals surface area contributed by atoms with Gasteiger partial charge in [-0.05, 0) is 25.1 Å². The molecule has 34 heavy (non-hydrogen) atoms. The number of nitrogens with zero attached hydrogens (tertiary/aromatic N) is 5. The smallest absolute Gasteiger partial charge is 0.251 e. The van der Waals surface area contributed by atoms with Gasteiger partial charge in [0.15, 0.2) is 5.52 Å². The number of hydrogen-bond donors (Lipinski definition) is 1. The molecule has 11 heteroatoms. The zero-order chi connectivity index (χ0) is 22.7. The lowest BCUT2D eigenvalue weighted by Gasteiger charge is -2.33. The fourth-order valence-corrected chi connectivity index (χ4v) is 3.58. The largest absolute Gasteiger partial charge is 0.473 e. The highest BCUT2D eigenvalue weighted by Crippen LogP contribution is 2.28. The van der Waals surface area contributed by atoms with Crippen LogP contribution in [0.5, 0.6) is 5.88 Å². The number of ether oxygens (including phenoxy) is 2. The predicted octanol–water partition coefficient (Wildman–Crippen LogP) is 1.97. The van der Waals surface area contributed by atoms with Crippen molar-refractivity contribution in [1.82, 2.24) is 19.9 Å². The topological polar surface area (TPSA) is 101 Å². The van der Waals surface area contributed by atoms with Gasteiger partial charge < -0.3 is 24.4 Å². The molecule has 1 fully saturated rings. The molecule has 3 aromatic rings. The van der Waals surface area contributed by atoms with Crippen molar-refractivity contribution in [2.75, 3.05) is 45.3 Å². The van der Waals surface area contributed by atoms with Gasteiger partial charge in [-0.2, -0.15) is 27.0 Å². The Labute approximate surface area is 213 Å². The molecule has 1 aromatic carbocycles. The zero-order valence-electron chi connectivity index (χ0n) is 19.4. The van der Waals surface area contributed by atoms with Gasteiger partial charge in [0.2, 0.25) is 5.88 Å². The molecule has 2 atom stereocenters. The summed E-state index contributed by atoms with van der Waals surface area (Å²) in [6.07, 6.45) is 1.87. The third-order valence-electron chi connectivity index (χ3n) is 5.32. The number of aromatic nitrogens is 3. The summed E-state index contributed by atoms with van der Waals surface area (Å²) < 4.78 is 11.8. The third-order valence-corrected chi connectivity index (χ3v) is 5.32. The number of fused-ring (bicyclic) bond motifs is 1. The molecule has 0 radical (unpaired) electrons. The fourth-order valence-electron chi connectivity index (χ4n) is 3.58. The highest BCUT2D eigenvalue weighted by Gasteiger charge is 2.27. The molecule has 1 amide bonds. The van der Waals surface area contributed by atoms with E-state index in [0.717, 1.165) is 16.9 Å². The molecule has 9 nitrogen and oxygen atoms in total. The molecule has 0 unspecified atom stereocenters. The molecule has 1 N–H and O–H groups in total. The van der Waals surface area contributed by atoms with Crippen molar-refractivity contribution >= 4 is 49.6 Å². The minimum Gasteiger partial charge on any atom is -0.473 e. The van der Waals surface area contributed by atoms with Gasteiger partial charge in [-0.1, -0.05) is 12.1 Å². The Morgan fingerprint density at radius 2 is 1.94 bits per heavy atom. The molecule has 0 aliphatic carbocycles. The fraction of sp³-hybridized carbons (Fsp3) is 0.391. The average Bonchev–Trinajstić information content (AvgIpc) is 2.82. The van der Waals surface area contributed by atoms with Gasteiger partial charge in [-0.3, -0.25) is 9.78 Å². The first-order valence-corrected chi connectivity index (χ1v) is 10.5. The average molecular weight is 506 g/mol. The van der Waals surface area contributed by atoms with Crippen LogP contribution < -0.4 is 9.64 Å². The highest BCUT2D eigenvalue weighted by atomic mass is 32.1. The Balaban J connectivity index is 0.00000204. The van der Waals surface area contributed by atoms with E-state index in [2.05, 4.69) is 9.97 Å². The van der Waals surface area contributed by atoms with E-state index in [1.165, 1.54) is 6.92 Å². The standard InChI is InChI=1S/C23H27N5O4.2H2S/c1-15(29)23(30)28-10-11-31-18(13-28)14-32-22-21-20(24-8-9-25-21)12-19(26-22)16-4-6-17(7-5-16)27(2)3;;/h4-9,12,15,18,29H,10-11,13-14H2,1-3H3;2*1H2/t15-,18-;;/m0../s1. The Morgan fingerprint density at radius 1 is 1.24 bits per heavy atom. The number of benzene rings is 1. The lowest BCUT2D eigenvalue weighted by Crippen LogP contribution is -2.50. The zero-order valence-corrected chi connectivity index (χ0v) is 21.4. The molecule has 184 valence electrons. The van der Waals surface area contributed by atoms with Crippen LogP contribution in [0.25, 0.3) is 22.3 Å². The minimum absolute atomic E-state index is 0. The first-order valence-electron chi connectivity index (χ1n) is 10.5. The van der Waals surface area contributed by atoms with Gasteiger partial charge in [-0.15, -0.1) is 0 Å². The summed E-state index contributed by atoms with van der Waals surface area (Å²) >= 11 is 0. The maximum atomic E-state index is 12.1.